The van der Waals surface area contributed by atoms with Crippen LogP contribution in [-0.4, -0.2) is 42.1 Å². The minimum atomic E-state index is -0.422. The van der Waals surface area contributed by atoms with Gasteiger partial charge in [0.2, 0.25) is 5.91 Å². The standard InChI is InChI=1S/C24H30N2O3/c1-24(2,3)23(27)26-15-18-16-28-25(4)21(18)14-22(26)17-9-8-12-20(13-17)29-19-10-6-5-7-11-19/h5-13,18,21-22H,14-16H2,1-4H3/t18-,21-,22-/m0/s1. The summed E-state index contributed by atoms with van der Waals surface area (Å²) < 4.78 is 6.04. The zero-order chi connectivity index (χ0) is 20.6. The average Bonchev–Trinajstić information content (AvgIpc) is 3.07. The van der Waals surface area contributed by atoms with Crippen LogP contribution in [0.5, 0.6) is 11.5 Å². The molecule has 154 valence electrons. The fraction of sp³-hybridized carbons (Fsp3) is 0.458. The second kappa shape index (κ2) is 7.81. The predicted molar refractivity (Wildman–Crippen MR) is 112 cm³/mol. The molecule has 0 N–H and O–H groups in total. The monoisotopic (exact) mass is 394 g/mol. The molecule has 0 bridgehead atoms. The number of hydrogen-bond donors (Lipinski definition) is 0. The largest absolute Gasteiger partial charge is 0.457 e. The SMILES string of the molecule is CN1OC[C@@H]2CN(C(=O)C(C)(C)C)[C@H](c3cccc(Oc4ccccc4)c3)C[C@@H]21. The number of hydroxylamine groups is 2. The zero-order valence-corrected chi connectivity index (χ0v) is 17.7. The van der Waals surface area contributed by atoms with Crippen LogP contribution in [0, 0.1) is 11.3 Å². The van der Waals surface area contributed by atoms with E-state index in [1.807, 2.05) is 75.3 Å². The summed E-state index contributed by atoms with van der Waals surface area (Å²) in [5.41, 5.74) is 0.684. The van der Waals surface area contributed by atoms with Crippen molar-refractivity contribution in [1.29, 1.82) is 0 Å². The van der Waals surface area contributed by atoms with Crippen LogP contribution in [0.1, 0.15) is 38.8 Å². The van der Waals surface area contributed by atoms with E-state index in [-0.39, 0.29) is 11.9 Å². The number of ether oxygens (including phenoxy) is 1. The molecule has 2 aliphatic heterocycles. The van der Waals surface area contributed by atoms with Crippen LogP contribution in [0.4, 0.5) is 0 Å². The van der Waals surface area contributed by atoms with E-state index in [0.29, 0.717) is 18.6 Å². The molecular formula is C24H30N2O3. The lowest BCUT2D eigenvalue weighted by molar-refractivity contribution is -0.147. The highest BCUT2D eigenvalue weighted by atomic mass is 16.7. The lowest BCUT2D eigenvalue weighted by atomic mass is 9.83. The Bertz CT molecular complexity index is 862. The molecule has 0 saturated carbocycles. The molecule has 2 aromatic rings. The minimum Gasteiger partial charge on any atom is -0.457 e. The van der Waals surface area contributed by atoms with Crippen LogP contribution in [0.3, 0.4) is 0 Å². The maximum absolute atomic E-state index is 13.3. The van der Waals surface area contributed by atoms with Gasteiger partial charge in [-0.3, -0.25) is 9.63 Å². The molecule has 4 rings (SSSR count). The van der Waals surface area contributed by atoms with Crippen molar-refractivity contribution in [3.8, 4) is 11.5 Å². The number of carbonyl (C=O) groups is 1. The van der Waals surface area contributed by atoms with Crippen LogP contribution in [0.25, 0.3) is 0 Å². The van der Waals surface area contributed by atoms with Gasteiger partial charge in [0.05, 0.1) is 12.6 Å². The third-order valence-corrected chi connectivity index (χ3v) is 5.90. The summed E-state index contributed by atoms with van der Waals surface area (Å²) in [6.07, 6.45) is 0.859. The molecule has 0 unspecified atom stereocenters. The van der Waals surface area contributed by atoms with Crippen molar-refractivity contribution >= 4 is 5.91 Å². The fourth-order valence-electron chi connectivity index (χ4n) is 4.35. The number of carbonyl (C=O) groups excluding carboxylic acids is 1. The highest BCUT2D eigenvalue weighted by Crippen LogP contribution is 2.41. The van der Waals surface area contributed by atoms with E-state index in [1.54, 1.807) is 0 Å². The van der Waals surface area contributed by atoms with Crippen LogP contribution < -0.4 is 4.74 Å². The van der Waals surface area contributed by atoms with E-state index >= 15 is 0 Å². The molecule has 2 heterocycles. The van der Waals surface area contributed by atoms with E-state index in [9.17, 15) is 4.79 Å². The number of hydrogen-bond acceptors (Lipinski definition) is 4. The lowest BCUT2D eigenvalue weighted by Gasteiger charge is -2.44. The molecule has 3 atom stereocenters. The fourth-order valence-corrected chi connectivity index (χ4v) is 4.35. The van der Waals surface area contributed by atoms with Crippen molar-refractivity contribution in [2.24, 2.45) is 11.3 Å². The first-order chi connectivity index (χ1) is 13.8. The maximum atomic E-state index is 13.3. The van der Waals surface area contributed by atoms with Crippen molar-refractivity contribution in [3.63, 3.8) is 0 Å². The smallest absolute Gasteiger partial charge is 0.228 e. The first kappa shape index (κ1) is 19.9. The summed E-state index contributed by atoms with van der Waals surface area (Å²) in [4.78, 5) is 21.1. The van der Waals surface area contributed by atoms with E-state index in [0.717, 1.165) is 30.0 Å². The molecule has 0 radical (unpaired) electrons. The van der Waals surface area contributed by atoms with Gasteiger partial charge in [0.25, 0.3) is 0 Å². The first-order valence-electron chi connectivity index (χ1n) is 10.3. The molecule has 0 spiro atoms. The van der Waals surface area contributed by atoms with E-state index in [4.69, 9.17) is 9.57 Å². The van der Waals surface area contributed by atoms with Gasteiger partial charge in [-0.2, -0.15) is 5.06 Å². The minimum absolute atomic E-state index is 0.00597. The van der Waals surface area contributed by atoms with Crippen molar-refractivity contribution in [1.82, 2.24) is 9.96 Å². The molecule has 29 heavy (non-hydrogen) atoms. The van der Waals surface area contributed by atoms with E-state index < -0.39 is 5.41 Å². The predicted octanol–water partition coefficient (Wildman–Crippen LogP) is 4.66. The Kier molecular flexibility index (Phi) is 5.36. The number of amides is 1. The van der Waals surface area contributed by atoms with Gasteiger partial charge in [-0.05, 0) is 36.2 Å². The van der Waals surface area contributed by atoms with Crippen molar-refractivity contribution < 1.29 is 14.4 Å². The van der Waals surface area contributed by atoms with Gasteiger partial charge in [0.15, 0.2) is 0 Å². The molecule has 2 saturated heterocycles. The number of nitrogens with zero attached hydrogens (tertiary/aromatic N) is 2. The third-order valence-electron chi connectivity index (χ3n) is 5.90. The van der Waals surface area contributed by atoms with Crippen LogP contribution >= 0.6 is 0 Å². The Balaban J connectivity index is 1.64. The summed E-state index contributed by atoms with van der Waals surface area (Å²) in [5, 5.41) is 1.97. The normalized spacial score (nSPS) is 25.0. The van der Waals surface area contributed by atoms with Crippen LogP contribution in [0.15, 0.2) is 54.6 Å². The Morgan fingerprint density at radius 2 is 1.79 bits per heavy atom. The molecule has 0 aromatic heterocycles. The number of para-hydroxylation sites is 1. The van der Waals surface area contributed by atoms with Crippen molar-refractivity contribution in [2.75, 3.05) is 20.2 Å². The third kappa shape index (κ3) is 4.16. The maximum Gasteiger partial charge on any atom is 0.228 e. The highest BCUT2D eigenvalue weighted by molar-refractivity contribution is 5.82. The van der Waals surface area contributed by atoms with Crippen molar-refractivity contribution in [3.05, 3.63) is 60.2 Å². The number of likely N-dealkylation sites (tertiary alicyclic amines) is 1. The summed E-state index contributed by atoms with van der Waals surface area (Å²) >= 11 is 0. The zero-order valence-electron chi connectivity index (χ0n) is 17.7. The second-order valence-corrected chi connectivity index (χ2v) is 9.12. The number of piperidine rings is 1. The number of benzene rings is 2. The molecule has 5 nitrogen and oxygen atoms in total. The molecule has 1 amide bonds. The van der Waals surface area contributed by atoms with Gasteiger partial charge in [0, 0.05) is 31.0 Å². The van der Waals surface area contributed by atoms with Gasteiger partial charge in [-0.15, -0.1) is 0 Å². The topological polar surface area (TPSA) is 42.0 Å². The summed E-state index contributed by atoms with van der Waals surface area (Å²) in [6, 6.07) is 18.2. The van der Waals surface area contributed by atoms with Crippen LogP contribution in [0.2, 0.25) is 0 Å². The first-order valence-corrected chi connectivity index (χ1v) is 10.3. The Morgan fingerprint density at radius 1 is 1.07 bits per heavy atom. The van der Waals surface area contributed by atoms with E-state index in [1.165, 1.54) is 0 Å². The quantitative estimate of drug-likeness (QED) is 0.759. The van der Waals surface area contributed by atoms with Crippen LogP contribution in [-0.2, 0) is 9.63 Å². The Hall–Kier alpha value is -2.37. The number of fused-ring (bicyclic) bond motifs is 1. The van der Waals surface area contributed by atoms with Gasteiger partial charge >= 0.3 is 0 Å². The van der Waals surface area contributed by atoms with Gasteiger partial charge in [-0.1, -0.05) is 51.1 Å². The van der Waals surface area contributed by atoms with E-state index in [2.05, 4.69) is 17.0 Å². The van der Waals surface area contributed by atoms with Gasteiger partial charge < -0.3 is 9.64 Å². The average molecular weight is 395 g/mol. The van der Waals surface area contributed by atoms with Crippen molar-refractivity contribution in [2.45, 2.75) is 39.3 Å². The number of rotatable bonds is 3. The summed E-state index contributed by atoms with van der Waals surface area (Å²) in [5.74, 6) is 2.13. The lowest BCUT2D eigenvalue weighted by Crippen LogP contribution is -2.52. The second-order valence-electron chi connectivity index (χ2n) is 9.12. The summed E-state index contributed by atoms with van der Waals surface area (Å²) in [7, 11) is 2.00. The molecule has 2 fully saturated rings. The Morgan fingerprint density at radius 3 is 2.52 bits per heavy atom. The molecule has 5 heteroatoms. The molecule has 0 aliphatic carbocycles. The molecule has 2 aliphatic rings. The van der Waals surface area contributed by atoms with Gasteiger partial charge in [-0.25, -0.2) is 0 Å². The highest BCUT2D eigenvalue weighted by Gasteiger charge is 2.45. The summed E-state index contributed by atoms with van der Waals surface area (Å²) in [6.45, 7) is 7.37. The van der Waals surface area contributed by atoms with Gasteiger partial charge in [0.1, 0.15) is 11.5 Å². The Labute approximate surface area is 173 Å². The molecular weight excluding hydrogens is 364 g/mol. The molecule has 2 aromatic carbocycles.